The van der Waals surface area contributed by atoms with Gasteiger partial charge in [-0.2, -0.15) is 4.98 Å². The first-order valence-corrected chi connectivity index (χ1v) is 9.66. The summed E-state index contributed by atoms with van der Waals surface area (Å²) in [5.74, 6) is 0.626. The van der Waals surface area contributed by atoms with Crippen molar-refractivity contribution >= 4 is 33.5 Å². The molecule has 0 fully saturated rings. The van der Waals surface area contributed by atoms with E-state index in [1.807, 2.05) is 6.92 Å². The van der Waals surface area contributed by atoms with Crippen molar-refractivity contribution in [3.05, 3.63) is 46.1 Å². The maximum absolute atomic E-state index is 12.2. The normalized spacial score (nSPS) is 10.7. The van der Waals surface area contributed by atoms with E-state index in [-0.39, 0.29) is 11.9 Å². The fraction of sp³-hybridized carbons (Fsp3) is 0.300. The van der Waals surface area contributed by atoms with Gasteiger partial charge in [-0.1, -0.05) is 0 Å². The predicted octanol–water partition coefficient (Wildman–Crippen LogP) is 4.45. The number of benzene rings is 1. The zero-order valence-corrected chi connectivity index (χ0v) is 16.9. The Hall–Kier alpha value is -3.00. The number of aromatic nitrogens is 2. The van der Waals surface area contributed by atoms with Crippen molar-refractivity contribution in [2.24, 2.45) is 0 Å². The SMILES string of the molecule is CCOC(=O)c1ccc(Oc2nc(C)nc3sc(C(=O)OCC)c(C)c23)cc1. The molecule has 0 unspecified atom stereocenters. The third-order valence-electron chi connectivity index (χ3n) is 3.91. The van der Waals surface area contributed by atoms with Crippen LogP contribution in [0.4, 0.5) is 0 Å². The summed E-state index contributed by atoms with van der Waals surface area (Å²) in [4.78, 5) is 33.9. The Morgan fingerprint density at radius 2 is 1.61 bits per heavy atom. The topological polar surface area (TPSA) is 87.6 Å². The van der Waals surface area contributed by atoms with Gasteiger partial charge in [0, 0.05) is 0 Å². The van der Waals surface area contributed by atoms with E-state index in [2.05, 4.69) is 9.97 Å². The molecule has 0 saturated carbocycles. The van der Waals surface area contributed by atoms with Crippen LogP contribution in [0.5, 0.6) is 11.6 Å². The lowest BCUT2D eigenvalue weighted by Crippen LogP contribution is -2.04. The molecular weight excluding hydrogens is 380 g/mol. The van der Waals surface area contributed by atoms with Crippen LogP contribution in [0, 0.1) is 13.8 Å². The van der Waals surface area contributed by atoms with Crippen LogP contribution in [-0.4, -0.2) is 35.1 Å². The lowest BCUT2D eigenvalue weighted by Gasteiger charge is -2.08. The van der Waals surface area contributed by atoms with Gasteiger partial charge < -0.3 is 14.2 Å². The monoisotopic (exact) mass is 400 g/mol. The molecule has 0 bridgehead atoms. The van der Waals surface area contributed by atoms with Crippen LogP contribution in [-0.2, 0) is 9.47 Å². The minimum Gasteiger partial charge on any atom is -0.462 e. The smallest absolute Gasteiger partial charge is 0.348 e. The van der Waals surface area contributed by atoms with Crippen LogP contribution in [0.1, 0.15) is 45.3 Å². The highest BCUT2D eigenvalue weighted by Crippen LogP contribution is 2.37. The number of nitrogens with zero attached hydrogens (tertiary/aromatic N) is 2. The van der Waals surface area contributed by atoms with Gasteiger partial charge in [0.05, 0.1) is 24.2 Å². The van der Waals surface area contributed by atoms with Crippen molar-refractivity contribution in [2.45, 2.75) is 27.7 Å². The van der Waals surface area contributed by atoms with E-state index in [1.54, 1.807) is 45.0 Å². The standard InChI is InChI=1S/C20H20N2O5S/c1-5-25-19(23)13-7-9-14(10-8-13)27-17-15-11(3)16(20(24)26-6-2)28-18(15)22-12(4)21-17/h7-10H,5-6H2,1-4H3. The molecule has 0 atom stereocenters. The highest BCUT2D eigenvalue weighted by atomic mass is 32.1. The maximum atomic E-state index is 12.2. The first kappa shape index (κ1) is 19.8. The van der Waals surface area contributed by atoms with Crippen LogP contribution in [0.2, 0.25) is 0 Å². The second kappa shape index (κ2) is 8.35. The molecule has 7 nitrogen and oxygen atoms in total. The molecule has 3 aromatic rings. The molecule has 8 heteroatoms. The number of fused-ring (bicyclic) bond motifs is 1. The molecule has 0 saturated heterocycles. The van der Waals surface area contributed by atoms with Gasteiger partial charge in [0.1, 0.15) is 21.3 Å². The first-order valence-electron chi connectivity index (χ1n) is 8.84. The fourth-order valence-electron chi connectivity index (χ4n) is 2.65. The largest absolute Gasteiger partial charge is 0.462 e. The maximum Gasteiger partial charge on any atom is 0.348 e. The van der Waals surface area contributed by atoms with E-state index in [0.717, 1.165) is 5.56 Å². The van der Waals surface area contributed by atoms with Crippen LogP contribution in [0.15, 0.2) is 24.3 Å². The van der Waals surface area contributed by atoms with Crippen molar-refractivity contribution < 1.29 is 23.8 Å². The molecule has 2 heterocycles. The Balaban J connectivity index is 1.96. The molecule has 0 aliphatic rings. The minimum atomic E-state index is -0.387. The summed E-state index contributed by atoms with van der Waals surface area (Å²) in [5.41, 5.74) is 1.16. The van der Waals surface area contributed by atoms with Gasteiger partial charge in [0.2, 0.25) is 5.88 Å². The first-order chi connectivity index (χ1) is 13.4. The second-order valence-electron chi connectivity index (χ2n) is 5.88. The Kier molecular flexibility index (Phi) is 5.89. The number of aryl methyl sites for hydroxylation is 2. The summed E-state index contributed by atoms with van der Waals surface area (Å²) in [6, 6.07) is 6.60. The summed E-state index contributed by atoms with van der Waals surface area (Å²) in [5, 5.41) is 0.674. The fourth-order valence-corrected chi connectivity index (χ4v) is 3.76. The Morgan fingerprint density at radius 1 is 0.964 bits per heavy atom. The molecule has 2 aromatic heterocycles. The van der Waals surface area contributed by atoms with Crippen LogP contribution in [0.3, 0.4) is 0 Å². The summed E-state index contributed by atoms with van der Waals surface area (Å²) >= 11 is 1.26. The van der Waals surface area contributed by atoms with E-state index >= 15 is 0 Å². The summed E-state index contributed by atoms with van der Waals surface area (Å²) in [7, 11) is 0. The summed E-state index contributed by atoms with van der Waals surface area (Å²) < 4.78 is 16.1. The number of hydrogen-bond acceptors (Lipinski definition) is 8. The van der Waals surface area contributed by atoms with Gasteiger partial charge in [-0.25, -0.2) is 14.6 Å². The Bertz CT molecular complexity index is 1030. The van der Waals surface area contributed by atoms with Gasteiger partial charge in [0.25, 0.3) is 0 Å². The van der Waals surface area contributed by atoms with Gasteiger partial charge in [-0.15, -0.1) is 11.3 Å². The molecular formula is C20H20N2O5S. The van der Waals surface area contributed by atoms with E-state index in [9.17, 15) is 9.59 Å². The van der Waals surface area contributed by atoms with Crippen molar-refractivity contribution in [1.82, 2.24) is 9.97 Å². The lowest BCUT2D eigenvalue weighted by molar-refractivity contribution is 0.0519. The van der Waals surface area contributed by atoms with Crippen molar-refractivity contribution in [3.63, 3.8) is 0 Å². The number of hydrogen-bond donors (Lipinski definition) is 0. The quantitative estimate of drug-likeness (QED) is 0.565. The molecule has 0 spiro atoms. The van der Waals surface area contributed by atoms with Crippen molar-refractivity contribution in [1.29, 1.82) is 0 Å². The zero-order valence-electron chi connectivity index (χ0n) is 16.1. The van der Waals surface area contributed by atoms with Crippen LogP contribution < -0.4 is 4.74 Å². The molecule has 0 aliphatic carbocycles. The number of rotatable bonds is 6. The zero-order chi connectivity index (χ0) is 20.3. The number of thiophene rings is 1. The molecule has 0 amide bonds. The van der Waals surface area contributed by atoms with E-state index in [4.69, 9.17) is 14.2 Å². The molecule has 0 radical (unpaired) electrons. The van der Waals surface area contributed by atoms with Crippen molar-refractivity contribution in [2.75, 3.05) is 13.2 Å². The second-order valence-corrected chi connectivity index (χ2v) is 6.88. The number of esters is 2. The molecule has 28 heavy (non-hydrogen) atoms. The van der Waals surface area contributed by atoms with E-state index in [1.165, 1.54) is 11.3 Å². The summed E-state index contributed by atoms with van der Waals surface area (Å²) in [6.07, 6.45) is 0. The third-order valence-corrected chi connectivity index (χ3v) is 5.08. The minimum absolute atomic E-state index is 0.299. The van der Waals surface area contributed by atoms with Gasteiger partial charge in [-0.3, -0.25) is 0 Å². The Labute approximate surface area is 166 Å². The highest BCUT2D eigenvalue weighted by Gasteiger charge is 2.22. The summed E-state index contributed by atoms with van der Waals surface area (Å²) in [6.45, 7) is 7.71. The average molecular weight is 400 g/mol. The van der Waals surface area contributed by atoms with Gasteiger partial charge >= 0.3 is 11.9 Å². The molecule has 1 aromatic carbocycles. The number of ether oxygens (including phenoxy) is 3. The third kappa shape index (κ3) is 3.96. The van der Waals surface area contributed by atoms with Crippen LogP contribution >= 0.6 is 11.3 Å². The van der Waals surface area contributed by atoms with Gasteiger partial charge in [0.15, 0.2) is 0 Å². The van der Waals surface area contributed by atoms with E-state index < -0.39 is 0 Å². The highest BCUT2D eigenvalue weighted by molar-refractivity contribution is 7.20. The average Bonchev–Trinajstić information content (AvgIpc) is 2.99. The lowest BCUT2D eigenvalue weighted by atomic mass is 10.2. The van der Waals surface area contributed by atoms with Gasteiger partial charge in [-0.05, 0) is 57.5 Å². The molecule has 0 N–H and O–H groups in total. The number of carbonyl (C=O) groups excluding carboxylic acids is 2. The van der Waals surface area contributed by atoms with E-state index in [0.29, 0.717) is 51.3 Å². The predicted molar refractivity (Wildman–Crippen MR) is 105 cm³/mol. The molecule has 3 rings (SSSR count). The number of carbonyl (C=O) groups is 2. The van der Waals surface area contributed by atoms with Crippen molar-refractivity contribution in [3.8, 4) is 11.6 Å². The van der Waals surface area contributed by atoms with Crippen LogP contribution in [0.25, 0.3) is 10.2 Å². The Morgan fingerprint density at radius 3 is 2.25 bits per heavy atom. The molecule has 0 aliphatic heterocycles. The molecule has 146 valence electrons.